The van der Waals surface area contributed by atoms with Crippen LogP contribution in [0.5, 0.6) is 11.5 Å². The van der Waals surface area contributed by atoms with Gasteiger partial charge in [-0.1, -0.05) is 6.07 Å². The standard InChI is InChI=1S/C20H21N3O3S/c1-25-17-6-3-13(9-18(17)26-2)7-8-22-19(24)15(11-21)10-16-12-27-20(23-16)14-4-5-14/h3,6,9-10,12,14H,4-5,7-8H2,1-2H3,(H,22,24)/b15-10-. The van der Waals surface area contributed by atoms with Gasteiger partial charge in [-0.25, -0.2) is 4.98 Å². The van der Waals surface area contributed by atoms with E-state index in [2.05, 4.69) is 10.3 Å². The second-order valence-electron chi connectivity index (χ2n) is 6.25. The molecule has 6 nitrogen and oxygen atoms in total. The third-order valence-corrected chi connectivity index (χ3v) is 5.30. The van der Waals surface area contributed by atoms with Crippen LogP contribution in [0.3, 0.4) is 0 Å². The zero-order chi connectivity index (χ0) is 19.2. The van der Waals surface area contributed by atoms with E-state index in [1.807, 2.05) is 29.6 Å². The number of amides is 1. The topological polar surface area (TPSA) is 84.2 Å². The van der Waals surface area contributed by atoms with Crippen molar-refractivity contribution in [1.29, 1.82) is 5.26 Å². The maximum absolute atomic E-state index is 12.3. The number of thiazole rings is 1. The van der Waals surface area contributed by atoms with Gasteiger partial charge < -0.3 is 14.8 Å². The molecule has 1 aromatic heterocycles. The number of ether oxygens (including phenoxy) is 2. The summed E-state index contributed by atoms with van der Waals surface area (Å²) < 4.78 is 10.5. The number of nitrogens with one attached hydrogen (secondary N) is 1. The molecule has 0 spiro atoms. The highest BCUT2D eigenvalue weighted by Gasteiger charge is 2.26. The lowest BCUT2D eigenvalue weighted by Gasteiger charge is -2.10. The number of carbonyl (C=O) groups is 1. The smallest absolute Gasteiger partial charge is 0.262 e. The molecule has 1 aromatic carbocycles. The Morgan fingerprint density at radius 2 is 2.15 bits per heavy atom. The minimum absolute atomic E-state index is 0.0648. The molecule has 1 aliphatic rings. The van der Waals surface area contributed by atoms with Crippen molar-refractivity contribution in [2.75, 3.05) is 20.8 Å². The number of benzene rings is 1. The quantitative estimate of drug-likeness (QED) is 0.558. The summed E-state index contributed by atoms with van der Waals surface area (Å²) in [5.74, 6) is 1.49. The van der Waals surface area contributed by atoms with Crippen LogP contribution in [0.2, 0.25) is 0 Å². The molecule has 0 aliphatic heterocycles. The zero-order valence-corrected chi connectivity index (χ0v) is 16.1. The summed E-state index contributed by atoms with van der Waals surface area (Å²) in [5, 5.41) is 15.1. The van der Waals surface area contributed by atoms with E-state index in [1.54, 1.807) is 31.6 Å². The van der Waals surface area contributed by atoms with Crippen LogP contribution in [0.4, 0.5) is 0 Å². The summed E-state index contributed by atoms with van der Waals surface area (Å²) in [6, 6.07) is 7.59. The number of carbonyl (C=O) groups excluding carboxylic acids is 1. The molecule has 0 atom stereocenters. The molecule has 1 saturated carbocycles. The van der Waals surface area contributed by atoms with Crippen molar-refractivity contribution in [3.05, 3.63) is 45.4 Å². The maximum Gasteiger partial charge on any atom is 0.262 e. The molecular formula is C20H21N3O3S. The first kappa shape index (κ1) is 18.9. The molecule has 140 valence electrons. The molecule has 1 fully saturated rings. The molecule has 0 radical (unpaired) electrons. The highest BCUT2D eigenvalue weighted by atomic mass is 32.1. The average Bonchev–Trinajstić information content (AvgIpc) is 3.44. The SMILES string of the molecule is COc1ccc(CCNC(=O)/C(C#N)=C\c2csc(C3CC3)n2)cc1OC. The maximum atomic E-state index is 12.3. The molecule has 1 aliphatic carbocycles. The van der Waals surface area contributed by atoms with Gasteiger partial charge in [0, 0.05) is 17.8 Å². The monoisotopic (exact) mass is 383 g/mol. The number of nitrogens with zero attached hydrogens (tertiary/aromatic N) is 2. The van der Waals surface area contributed by atoms with Crippen LogP contribution < -0.4 is 14.8 Å². The first-order chi connectivity index (χ1) is 13.1. The van der Waals surface area contributed by atoms with Crippen LogP contribution in [-0.4, -0.2) is 31.7 Å². The van der Waals surface area contributed by atoms with Crippen molar-refractivity contribution in [3.8, 4) is 17.6 Å². The number of methoxy groups -OCH3 is 2. The van der Waals surface area contributed by atoms with E-state index in [4.69, 9.17) is 9.47 Å². The van der Waals surface area contributed by atoms with E-state index in [9.17, 15) is 10.1 Å². The van der Waals surface area contributed by atoms with Gasteiger partial charge in [0.15, 0.2) is 11.5 Å². The Morgan fingerprint density at radius 3 is 2.81 bits per heavy atom. The molecule has 1 amide bonds. The van der Waals surface area contributed by atoms with Crippen LogP contribution in [0.1, 0.15) is 35.0 Å². The number of nitriles is 1. The van der Waals surface area contributed by atoms with E-state index < -0.39 is 0 Å². The van der Waals surface area contributed by atoms with E-state index in [0.717, 1.165) is 10.6 Å². The van der Waals surface area contributed by atoms with Gasteiger partial charge in [0.25, 0.3) is 5.91 Å². The highest BCUT2D eigenvalue weighted by molar-refractivity contribution is 7.09. The predicted molar refractivity (Wildman–Crippen MR) is 104 cm³/mol. The van der Waals surface area contributed by atoms with Gasteiger partial charge in [0.1, 0.15) is 11.6 Å². The second-order valence-corrected chi connectivity index (χ2v) is 7.14. The summed E-state index contributed by atoms with van der Waals surface area (Å²) in [5.41, 5.74) is 1.74. The molecular weight excluding hydrogens is 362 g/mol. The van der Waals surface area contributed by atoms with Crippen LogP contribution in [0.15, 0.2) is 29.2 Å². The van der Waals surface area contributed by atoms with E-state index in [-0.39, 0.29) is 11.5 Å². The normalized spacial score (nSPS) is 13.7. The van der Waals surface area contributed by atoms with Crippen molar-refractivity contribution >= 4 is 23.3 Å². The van der Waals surface area contributed by atoms with Gasteiger partial charge in [-0.2, -0.15) is 5.26 Å². The van der Waals surface area contributed by atoms with E-state index in [0.29, 0.717) is 36.1 Å². The lowest BCUT2D eigenvalue weighted by molar-refractivity contribution is -0.117. The van der Waals surface area contributed by atoms with Crippen LogP contribution >= 0.6 is 11.3 Å². The summed E-state index contributed by atoms with van der Waals surface area (Å²) >= 11 is 1.59. The Labute approximate surface area is 162 Å². The van der Waals surface area contributed by atoms with Crippen molar-refractivity contribution in [2.45, 2.75) is 25.2 Å². The van der Waals surface area contributed by atoms with Crippen molar-refractivity contribution in [3.63, 3.8) is 0 Å². The van der Waals surface area contributed by atoms with Crippen molar-refractivity contribution < 1.29 is 14.3 Å². The predicted octanol–water partition coefficient (Wildman–Crippen LogP) is 3.30. The Kier molecular flexibility index (Phi) is 6.09. The molecule has 1 heterocycles. The molecule has 0 unspecified atom stereocenters. The van der Waals surface area contributed by atoms with Crippen molar-refractivity contribution in [1.82, 2.24) is 10.3 Å². The minimum Gasteiger partial charge on any atom is -0.493 e. The summed E-state index contributed by atoms with van der Waals surface area (Å²) in [6.07, 6.45) is 4.53. The van der Waals surface area contributed by atoms with Gasteiger partial charge in [-0.3, -0.25) is 4.79 Å². The number of aromatic nitrogens is 1. The van der Waals surface area contributed by atoms with Gasteiger partial charge >= 0.3 is 0 Å². The molecule has 27 heavy (non-hydrogen) atoms. The molecule has 3 rings (SSSR count). The van der Waals surface area contributed by atoms with Crippen molar-refractivity contribution in [2.24, 2.45) is 0 Å². The van der Waals surface area contributed by atoms with Crippen LogP contribution in [0, 0.1) is 11.3 Å². The third-order valence-electron chi connectivity index (χ3n) is 4.27. The number of hydrogen-bond donors (Lipinski definition) is 1. The fraction of sp³-hybridized carbons (Fsp3) is 0.350. The molecule has 0 bridgehead atoms. The van der Waals surface area contributed by atoms with Gasteiger partial charge in [0.2, 0.25) is 0 Å². The van der Waals surface area contributed by atoms with Gasteiger partial charge in [-0.15, -0.1) is 11.3 Å². The first-order valence-electron chi connectivity index (χ1n) is 8.71. The fourth-order valence-electron chi connectivity index (χ4n) is 2.63. The number of hydrogen-bond acceptors (Lipinski definition) is 6. The van der Waals surface area contributed by atoms with Gasteiger partial charge in [-0.05, 0) is 43.0 Å². The average molecular weight is 383 g/mol. The largest absolute Gasteiger partial charge is 0.493 e. The fourth-order valence-corrected chi connectivity index (χ4v) is 3.58. The van der Waals surface area contributed by atoms with Crippen LogP contribution in [0.25, 0.3) is 6.08 Å². The third kappa shape index (κ3) is 4.86. The first-order valence-corrected chi connectivity index (χ1v) is 9.59. The molecule has 7 heteroatoms. The summed E-state index contributed by atoms with van der Waals surface area (Å²) in [7, 11) is 3.17. The Balaban J connectivity index is 1.57. The zero-order valence-electron chi connectivity index (χ0n) is 15.3. The van der Waals surface area contributed by atoms with E-state index in [1.165, 1.54) is 12.8 Å². The second kappa shape index (κ2) is 8.69. The lowest BCUT2D eigenvalue weighted by Crippen LogP contribution is -2.26. The molecule has 2 aromatic rings. The summed E-state index contributed by atoms with van der Waals surface area (Å²) in [4.78, 5) is 16.8. The highest BCUT2D eigenvalue weighted by Crippen LogP contribution is 2.41. The lowest BCUT2D eigenvalue weighted by atomic mass is 10.1. The summed E-state index contributed by atoms with van der Waals surface area (Å²) in [6.45, 7) is 0.414. The Bertz CT molecular complexity index is 894. The van der Waals surface area contributed by atoms with Gasteiger partial charge in [0.05, 0.1) is 24.9 Å². The Hall–Kier alpha value is -2.85. The number of rotatable bonds is 8. The minimum atomic E-state index is -0.390. The van der Waals surface area contributed by atoms with Crippen LogP contribution in [-0.2, 0) is 11.2 Å². The Morgan fingerprint density at radius 1 is 1.37 bits per heavy atom. The molecule has 1 N–H and O–H groups in total. The molecule has 0 saturated heterocycles. The van der Waals surface area contributed by atoms with E-state index >= 15 is 0 Å².